The monoisotopic (exact) mass is 379 g/mol. The highest BCUT2D eigenvalue weighted by atomic mass is 19.4. The average Bonchev–Trinajstić information content (AvgIpc) is 2.64. The minimum atomic E-state index is -4.59. The first-order chi connectivity index (χ1) is 12.8. The predicted octanol–water partition coefficient (Wildman–Crippen LogP) is 3.27. The average molecular weight is 379 g/mol. The number of amides is 1. The van der Waals surface area contributed by atoms with Gasteiger partial charge in [-0.25, -0.2) is 0 Å². The van der Waals surface area contributed by atoms with Gasteiger partial charge in [0, 0.05) is 30.0 Å². The molecule has 2 aromatic rings. The number of halogens is 3. The van der Waals surface area contributed by atoms with Gasteiger partial charge < -0.3 is 15.4 Å². The number of nitrogens with zero attached hydrogens (tertiary/aromatic N) is 1. The van der Waals surface area contributed by atoms with E-state index in [-0.39, 0.29) is 11.7 Å². The molecule has 5 nitrogen and oxygen atoms in total. The van der Waals surface area contributed by atoms with Crippen molar-refractivity contribution in [1.82, 2.24) is 10.3 Å². The molecule has 3 rings (SSSR count). The predicted molar refractivity (Wildman–Crippen MR) is 94.5 cm³/mol. The zero-order valence-electron chi connectivity index (χ0n) is 14.7. The molecule has 0 radical (unpaired) electrons. The summed E-state index contributed by atoms with van der Waals surface area (Å²) in [6.45, 7) is 3.52. The Morgan fingerprint density at radius 2 is 2.04 bits per heavy atom. The van der Waals surface area contributed by atoms with Gasteiger partial charge in [0.1, 0.15) is 5.69 Å². The van der Waals surface area contributed by atoms with Crippen molar-refractivity contribution >= 4 is 11.6 Å². The number of nitrogens with one attached hydrogen (secondary N) is 2. The van der Waals surface area contributed by atoms with E-state index in [1.54, 1.807) is 12.1 Å². The van der Waals surface area contributed by atoms with Crippen LogP contribution < -0.4 is 10.6 Å². The Kier molecular flexibility index (Phi) is 5.76. The maximum atomic E-state index is 12.7. The molecule has 2 N–H and O–H groups in total. The highest BCUT2D eigenvalue weighted by molar-refractivity contribution is 6.04. The van der Waals surface area contributed by atoms with Crippen molar-refractivity contribution in [1.29, 1.82) is 0 Å². The lowest BCUT2D eigenvalue weighted by Crippen LogP contribution is -2.45. The SMILES string of the molecule is CC1COC(Cc2ccc(NC(=O)c3ccnc(C(F)(F)F)c3)cc2)CN1. The van der Waals surface area contributed by atoms with Crippen LogP contribution in [0.2, 0.25) is 0 Å². The number of pyridine rings is 1. The third-order valence-electron chi connectivity index (χ3n) is 4.26. The van der Waals surface area contributed by atoms with Crippen LogP contribution in [0.3, 0.4) is 0 Å². The lowest BCUT2D eigenvalue weighted by molar-refractivity contribution is -0.141. The summed E-state index contributed by atoms with van der Waals surface area (Å²) >= 11 is 0. The number of hydrogen-bond donors (Lipinski definition) is 2. The van der Waals surface area contributed by atoms with E-state index in [0.717, 1.165) is 30.8 Å². The highest BCUT2D eigenvalue weighted by Gasteiger charge is 2.32. The number of alkyl halides is 3. The third-order valence-corrected chi connectivity index (χ3v) is 4.26. The number of carbonyl (C=O) groups excluding carboxylic acids is 1. The molecule has 0 bridgehead atoms. The molecular formula is C19H20F3N3O2. The van der Waals surface area contributed by atoms with Crippen LogP contribution in [0.4, 0.5) is 18.9 Å². The van der Waals surface area contributed by atoms with E-state index in [9.17, 15) is 18.0 Å². The van der Waals surface area contributed by atoms with E-state index in [1.165, 1.54) is 6.07 Å². The van der Waals surface area contributed by atoms with Crippen LogP contribution >= 0.6 is 0 Å². The summed E-state index contributed by atoms with van der Waals surface area (Å²) in [6.07, 6.45) is -2.78. The summed E-state index contributed by atoms with van der Waals surface area (Å²) < 4.78 is 43.9. The molecule has 1 aromatic heterocycles. The maximum absolute atomic E-state index is 12.7. The van der Waals surface area contributed by atoms with Crippen LogP contribution in [0.25, 0.3) is 0 Å². The second-order valence-corrected chi connectivity index (χ2v) is 6.55. The van der Waals surface area contributed by atoms with Crippen LogP contribution in [0.1, 0.15) is 28.5 Å². The molecular weight excluding hydrogens is 359 g/mol. The first-order valence-corrected chi connectivity index (χ1v) is 8.60. The number of hydrogen-bond acceptors (Lipinski definition) is 4. The topological polar surface area (TPSA) is 63.2 Å². The first kappa shape index (κ1) is 19.3. The van der Waals surface area contributed by atoms with Crippen LogP contribution in [-0.2, 0) is 17.3 Å². The van der Waals surface area contributed by atoms with Crippen molar-refractivity contribution in [2.24, 2.45) is 0 Å². The lowest BCUT2D eigenvalue weighted by atomic mass is 10.1. The Bertz CT molecular complexity index is 786. The van der Waals surface area contributed by atoms with Gasteiger partial charge >= 0.3 is 6.18 Å². The minimum Gasteiger partial charge on any atom is -0.375 e. The van der Waals surface area contributed by atoms with Crippen LogP contribution in [0.5, 0.6) is 0 Å². The summed E-state index contributed by atoms with van der Waals surface area (Å²) in [6, 6.07) is 9.50. The van der Waals surface area contributed by atoms with Crippen LogP contribution in [0, 0.1) is 0 Å². The Morgan fingerprint density at radius 3 is 2.67 bits per heavy atom. The van der Waals surface area contributed by atoms with E-state index >= 15 is 0 Å². The fourth-order valence-corrected chi connectivity index (χ4v) is 2.78. The number of rotatable bonds is 4. The molecule has 2 heterocycles. The zero-order valence-corrected chi connectivity index (χ0v) is 14.7. The molecule has 2 atom stereocenters. The first-order valence-electron chi connectivity index (χ1n) is 8.60. The van der Waals surface area contributed by atoms with Gasteiger partial charge in [-0.15, -0.1) is 0 Å². The molecule has 0 aliphatic carbocycles. The van der Waals surface area contributed by atoms with E-state index in [1.807, 2.05) is 12.1 Å². The second-order valence-electron chi connectivity index (χ2n) is 6.55. The summed E-state index contributed by atoms with van der Waals surface area (Å²) in [5, 5.41) is 5.95. The van der Waals surface area contributed by atoms with Gasteiger partial charge in [0.15, 0.2) is 0 Å². The summed E-state index contributed by atoms with van der Waals surface area (Å²) in [5.41, 5.74) is 0.362. The summed E-state index contributed by atoms with van der Waals surface area (Å²) in [5.74, 6) is -0.621. The number of ether oxygens (including phenoxy) is 1. The van der Waals surface area contributed by atoms with Gasteiger partial charge in [-0.05, 0) is 43.2 Å². The molecule has 1 saturated heterocycles. The number of aromatic nitrogens is 1. The van der Waals surface area contributed by atoms with Crippen molar-refractivity contribution in [3.63, 3.8) is 0 Å². The Morgan fingerprint density at radius 1 is 1.30 bits per heavy atom. The number of benzene rings is 1. The maximum Gasteiger partial charge on any atom is 0.433 e. The van der Waals surface area contributed by atoms with Gasteiger partial charge in [0.05, 0.1) is 12.7 Å². The smallest absolute Gasteiger partial charge is 0.375 e. The van der Waals surface area contributed by atoms with E-state index in [4.69, 9.17) is 4.74 Å². The molecule has 1 fully saturated rings. The van der Waals surface area contributed by atoms with Crippen LogP contribution in [0.15, 0.2) is 42.6 Å². The van der Waals surface area contributed by atoms with Crippen molar-refractivity contribution in [2.75, 3.05) is 18.5 Å². The minimum absolute atomic E-state index is 0.0965. The van der Waals surface area contributed by atoms with E-state index < -0.39 is 17.8 Å². The van der Waals surface area contributed by atoms with E-state index in [0.29, 0.717) is 18.3 Å². The molecule has 27 heavy (non-hydrogen) atoms. The van der Waals surface area contributed by atoms with Gasteiger partial charge in [-0.1, -0.05) is 12.1 Å². The summed E-state index contributed by atoms with van der Waals surface area (Å²) in [7, 11) is 0. The normalized spacial score (nSPS) is 20.3. The molecule has 1 aliphatic rings. The standard InChI is InChI=1S/C19H20F3N3O2/c1-12-11-27-16(10-24-12)8-13-2-4-15(5-3-13)25-18(26)14-6-7-23-17(9-14)19(20,21)22/h2-7,9,12,16,24H,8,10-11H2,1H3,(H,25,26). The lowest BCUT2D eigenvalue weighted by Gasteiger charge is -2.28. The Balaban J connectivity index is 1.60. The molecule has 144 valence electrons. The summed E-state index contributed by atoms with van der Waals surface area (Å²) in [4.78, 5) is 15.4. The van der Waals surface area contributed by atoms with Crippen molar-refractivity contribution in [2.45, 2.75) is 31.7 Å². The molecule has 1 aliphatic heterocycles. The van der Waals surface area contributed by atoms with Gasteiger partial charge in [-0.3, -0.25) is 9.78 Å². The Hall–Kier alpha value is -2.45. The highest BCUT2D eigenvalue weighted by Crippen LogP contribution is 2.27. The van der Waals surface area contributed by atoms with Gasteiger partial charge in [0.2, 0.25) is 0 Å². The quantitative estimate of drug-likeness (QED) is 0.856. The fourth-order valence-electron chi connectivity index (χ4n) is 2.78. The van der Waals surface area contributed by atoms with Crippen molar-refractivity contribution in [3.05, 3.63) is 59.4 Å². The molecule has 0 saturated carbocycles. The van der Waals surface area contributed by atoms with Gasteiger partial charge in [-0.2, -0.15) is 13.2 Å². The number of carbonyl (C=O) groups is 1. The molecule has 1 aromatic carbocycles. The largest absolute Gasteiger partial charge is 0.433 e. The number of morpholine rings is 1. The number of anilines is 1. The second kappa shape index (κ2) is 8.06. The fraction of sp³-hybridized carbons (Fsp3) is 0.368. The van der Waals surface area contributed by atoms with E-state index in [2.05, 4.69) is 22.5 Å². The molecule has 0 spiro atoms. The van der Waals surface area contributed by atoms with Gasteiger partial charge in [0.25, 0.3) is 5.91 Å². The molecule has 8 heteroatoms. The molecule has 1 amide bonds. The Labute approximate surface area is 154 Å². The van der Waals surface area contributed by atoms with Crippen LogP contribution in [-0.4, -0.2) is 36.2 Å². The van der Waals surface area contributed by atoms with Crippen molar-refractivity contribution < 1.29 is 22.7 Å². The third kappa shape index (κ3) is 5.27. The zero-order chi connectivity index (χ0) is 19.4. The molecule has 2 unspecified atom stereocenters. The van der Waals surface area contributed by atoms with Crippen molar-refractivity contribution in [3.8, 4) is 0 Å².